The van der Waals surface area contributed by atoms with E-state index in [4.69, 9.17) is 0 Å². The molecule has 0 aromatic rings. The van der Waals surface area contributed by atoms with Gasteiger partial charge in [0.2, 0.25) is 5.91 Å². The Hall–Kier alpha value is -1.88. The summed E-state index contributed by atoms with van der Waals surface area (Å²) < 4.78 is 13.2. The average Bonchev–Trinajstić information content (AvgIpc) is 2.64. The van der Waals surface area contributed by atoms with Gasteiger partial charge in [-0.25, -0.2) is 4.39 Å². The minimum absolute atomic E-state index is 0.0357. The van der Waals surface area contributed by atoms with E-state index in [1.165, 1.54) is 5.57 Å². The molecule has 0 aliphatic heterocycles. The van der Waals surface area contributed by atoms with Crippen molar-refractivity contribution in [2.24, 2.45) is 0 Å². The molecular formula is C22H37FN2O2. The smallest absolute Gasteiger partial charge is 0.247 e. The molecule has 4 nitrogen and oxygen atoms in total. The second-order valence-electron chi connectivity index (χ2n) is 7.16. The van der Waals surface area contributed by atoms with E-state index in [0.717, 1.165) is 44.4 Å². The molecular weight excluding hydrogens is 343 g/mol. The number of allylic oxidation sites excluding steroid dienone is 4. The summed E-state index contributed by atoms with van der Waals surface area (Å²) in [6, 6.07) is 0.327. The minimum atomic E-state index is -0.852. The number of amides is 1. The SMILES string of the molecule is C=C/C(F)=C(O)\C=C(/C)C(=O)NC(C)CC(CCC)N(C)C/C=C(\C)CC. The number of halogens is 1. The van der Waals surface area contributed by atoms with Crippen molar-refractivity contribution in [3.63, 3.8) is 0 Å². The topological polar surface area (TPSA) is 52.6 Å². The van der Waals surface area contributed by atoms with Crippen molar-refractivity contribution in [1.29, 1.82) is 0 Å². The number of hydrogen-bond donors (Lipinski definition) is 2. The highest BCUT2D eigenvalue weighted by molar-refractivity contribution is 5.93. The van der Waals surface area contributed by atoms with Gasteiger partial charge >= 0.3 is 0 Å². The minimum Gasteiger partial charge on any atom is -0.505 e. The van der Waals surface area contributed by atoms with E-state index in [-0.39, 0.29) is 17.5 Å². The van der Waals surface area contributed by atoms with Gasteiger partial charge in [-0.3, -0.25) is 9.69 Å². The monoisotopic (exact) mass is 380 g/mol. The molecule has 0 radical (unpaired) electrons. The summed E-state index contributed by atoms with van der Waals surface area (Å²) in [7, 11) is 2.11. The second kappa shape index (κ2) is 13.3. The van der Waals surface area contributed by atoms with Gasteiger partial charge < -0.3 is 10.4 Å². The van der Waals surface area contributed by atoms with Crippen molar-refractivity contribution in [3.05, 3.63) is 47.5 Å². The Morgan fingerprint density at radius 3 is 2.48 bits per heavy atom. The largest absolute Gasteiger partial charge is 0.505 e. The summed E-state index contributed by atoms with van der Waals surface area (Å²) in [5, 5.41) is 12.5. The van der Waals surface area contributed by atoms with E-state index in [1.54, 1.807) is 6.92 Å². The van der Waals surface area contributed by atoms with E-state index >= 15 is 0 Å². The van der Waals surface area contributed by atoms with E-state index in [0.29, 0.717) is 6.04 Å². The first-order valence-corrected chi connectivity index (χ1v) is 9.72. The van der Waals surface area contributed by atoms with Crippen LogP contribution in [0.25, 0.3) is 0 Å². The highest BCUT2D eigenvalue weighted by Gasteiger charge is 2.18. The highest BCUT2D eigenvalue weighted by atomic mass is 19.1. The zero-order chi connectivity index (χ0) is 21.0. The summed E-state index contributed by atoms with van der Waals surface area (Å²) >= 11 is 0. The van der Waals surface area contributed by atoms with Crippen molar-refractivity contribution in [3.8, 4) is 0 Å². The van der Waals surface area contributed by atoms with Gasteiger partial charge in [-0.1, -0.05) is 38.5 Å². The molecule has 154 valence electrons. The first-order valence-electron chi connectivity index (χ1n) is 9.72. The molecule has 2 N–H and O–H groups in total. The lowest BCUT2D eigenvalue weighted by Crippen LogP contribution is -2.41. The van der Waals surface area contributed by atoms with Gasteiger partial charge in [-0.05, 0) is 59.2 Å². The Bertz CT molecular complexity index is 579. The average molecular weight is 381 g/mol. The third-order valence-corrected chi connectivity index (χ3v) is 4.67. The van der Waals surface area contributed by atoms with Crippen LogP contribution >= 0.6 is 0 Å². The number of rotatable bonds is 12. The molecule has 0 aliphatic carbocycles. The van der Waals surface area contributed by atoms with Crippen LogP contribution in [0.3, 0.4) is 0 Å². The molecule has 0 aliphatic rings. The second-order valence-corrected chi connectivity index (χ2v) is 7.16. The van der Waals surface area contributed by atoms with Crippen LogP contribution in [-0.2, 0) is 4.79 Å². The summed E-state index contributed by atoms with van der Waals surface area (Å²) in [6.45, 7) is 14.1. The highest BCUT2D eigenvalue weighted by Crippen LogP contribution is 2.14. The zero-order valence-electron chi connectivity index (χ0n) is 17.8. The fourth-order valence-corrected chi connectivity index (χ4v) is 2.69. The van der Waals surface area contributed by atoms with Crippen molar-refractivity contribution < 1.29 is 14.3 Å². The maximum absolute atomic E-state index is 13.2. The summed E-state index contributed by atoms with van der Waals surface area (Å²) in [5.41, 5.74) is 1.62. The molecule has 5 heteroatoms. The number of carbonyl (C=O) groups excluding carboxylic acids is 1. The fourth-order valence-electron chi connectivity index (χ4n) is 2.69. The fraction of sp³-hybridized carbons (Fsp3) is 0.591. The predicted octanol–water partition coefficient (Wildman–Crippen LogP) is 5.21. The molecule has 0 saturated heterocycles. The third kappa shape index (κ3) is 10.1. The number of likely N-dealkylation sites (N-methyl/N-ethyl adjacent to an activating group) is 1. The molecule has 0 heterocycles. The van der Waals surface area contributed by atoms with Gasteiger partial charge in [0.15, 0.2) is 11.6 Å². The summed E-state index contributed by atoms with van der Waals surface area (Å²) in [5.74, 6) is -1.76. The van der Waals surface area contributed by atoms with Crippen LogP contribution < -0.4 is 5.32 Å². The van der Waals surface area contributed by atoms with Crippen molar-refractivity contribution in [2.75, 3.05) is 13.6 Å². The number of hydrogen-bond acceptors (Lipinski definition) is 3. The van der Waals surface area contributed by atoms with Gasteiger partial charge in [0.25, 0.3) is 0 Å². The Kier molecular flexibility index (Phi) is 12.4. The zero-order valence-corrected chi connectivity index (χ0v) is 17.8. The number of aliphatic hydroxyl groups excluding tert-OH is 1. The molecule has 0 aromatic heterocycles. The van der Waals surface area contributed by atoms with Crippen molar-refractivity contribution in [1.82, 2.24) is 10.2 Å². The van der Waals surface area contributed by atoms with Crippen molar-refractivity contribution >= 4 is 5.91 Å². The van der Waals surface area contributed by atoms with Crippen molar-refractivity contribution in [2.45, 2.75) is 72.4 Å². The Morgan fingerprint density at radius 1 is 1.33 bits per heavy atom. The molecule has 0 saturated carbocycles. The normalized spacial score (nSPS) is 16.0. The predicted molar refractivity (Wildman–Crippen MR) is 112 cm³/mol. The Balaban J connectivity index is 4.90. The molecule has 0 bridgehead atoms. The van der Waals surface area contributed by atoms with Crippen LogP contribution in [-0.4, -0.2) is 41.6 Å². The third-order valence-electron chi connectivity index (χ3n) is 4.67. The number of nitrogens with one attached hydrogen (secondary N) is 1. The number of aliphatic hydroxyl groups is 1. The van der Waals surface area contributed by atoms with Gasteiger partial charge in [0.05, 0.1) is 0 Å². The van der Waals surface area contributed by atoms with Gasteiger partial charge in [0, 0.05) is 24.2 Å². The van der Waals surface area contributed by atoms with Gasteiger partial charge in [-0.2, -0.15) is 0 Å². The first kappa shape index (κ1) is 25.1. The van der Waals surface area contributed by atoms with Gasteiger partial charge in [-0.15, -0.1) is 0 Å². The van der Waals surface area contributed by atoms with Crippen LogP contribution in [0.5, 0.6) is 0 Å². The van der Waals surface area contributed by atoms with E-state index in [9.17, 15) is 14.3 Å². The molecule has 0 spiro atoms. The molecule has 1 amide bonds. The van der Waals surface area contributed by atoms with Gasteiger partial charge in [0.1, 0.15) is 0 Å². The quantitative estimate of drug-likeness (QED) is 0.211. The maximum atomic E-state index is 13.2. The van der Waals surface area contributed by atoms with Crippen LogP contribution in [0.2, 0.25) is 0 Å². The Morgan fingerprint density at radius 2 is 1.96 bits per heavy atom. The molecule has 0 aromatic carbocycles. The molecule has 27 heavy (non-hydrogen) atoms. The van der Waals surface area contributed by atoms with E-state index < -0.39 is 11.6 Å². The van der Waals surface area contributed by atoms with Crippen LogP contribution in [0.15, 0.2) is 47.5 Å². The molecule has 2 unspecified atom stereocenters. The standard InChI is InChI=1S/C22H37FN2O2/c1-8-11-19(25(7)13-12-16(4)9-2)15-18(6)24-22(27)17(5)14-21(26)20(23)10-3/h10,12,14,18-19,26H,3,8-9,11,13,15H2,1-2,4-7H3,(H,24,27)/b16-12+,17-14+,21-20-. The van der Waals surface area contributed by atoms with Crippen LogP contribution in [0.1, 0.15) is 60.3 Å². The molecule has 0 fully saturated rings. The molecule has 0 rings (SSSR count). The lowest BCUT2D eigenvalue weighted by atomic mass is 10.0. The summed E-state index contributed by atoms with van der Waals surface area (Å²) in [4.78, 5) is 14.6. The molecule has 2 atom stereocenters. The number of carbonyl (C=O) groups is 1. The lowest BCUT2D eigenvalue weighted by Gasteiger charge is -2.30. The van der Waals surface area contributed by atoms with E-state index in [1.807, 2.05) is 6.92 Å². The Labute approximate surface area is 164 Å². The van der Waals surface area contributed by atoms with E-state index in [2.05, 4.69) is 50.7 Å². The first-order chi connectivity index (χ1) is 12.7. The maximum Gasteiger partial charge on any atom is 0.247 e. The van der Waals surface area contributed by atoms with Crippen LogP contribution in [0.4, 0.5) is 4.39 Å². The summed E-state index contributed by atoms with van der Waals surface area (Å²) in [6.07, 6.45) is 8.28. The van der Waals surface area contributed by atoms with Crippen LogP contribution in [0, 0.1) is 0 Å². The number of nitrogens with zero attached hydrogens (tertiary/aromatic N) is 1. The lowest BCUT2D eigenvalue weighted by molar-refractivity contribution is -0.118.